The lowest BCUT2D eigenvalue weighted by atomic mass is 10.1. The maximum absolute atomic E-state index is 12.4. The third-order valence-electron chi connectivity index (χ3n) is 4.24. The molecule has 134 valence electrons. The highest BCUT2D eigenvalue weighted by atomic mass is 16.5. The lowest BCUT2D eigenvalue weighted by Crippen LogP contribution is -2.27. The number of pyridine rings is 1. The molecule has 2 amide bonds. The van der Waals surface area contributed by atoms with Crippen LogP contribution in [0.15, 0.2) is 48.8 Å². The number of hydrogen-bond donors (Lipinski definition) is 2. The lowest BCUT2D eigenvalue weighted by Gasteiger charge is -2.09. The summed E-state index contributed by atoms with van der Waals surface area (Å²) >= 11 is 0. The maximum Gasteiger partial charge on any atom is 0.339 e. The standard InChI is InChI=1S/C19H19N3O4/c1-26-19(25)13-6-2-3-7-16(13)22-18(24)15-9-14(15)17(23)21-11-12-5-4-8-20-10-12/h2-8,10,14-15H,9,11H2,1H3,(H,21,23)(H,22,24). The van der Waals surface area contributed by atoms with E-state index >= 15 is 0 Å². The highest BCUT2D eigenvalue weighted by molar-refractivity contribution is 6.04. The lowest BCUT2D eigenvalue weighted by molar-refractivity contribution is -0.125. The van der Waals surface area contributed by atoms with Crippen LogP contribution in [-0.2, 0) is 20.9 Å². The van der Waals surface area contributed by atoms with E-state index in [0.29, 0.717) is 18.7 Å². The Hall–Kier alpha value is -3.22. The van der Waals surface area contributed by atoms with Crippen molar-refractivity contribution in [2.75, 3.05) is 12.4 Å². The van der Waals surface area contributed by atoms with Gasteiger partial charge in [-0.25, -0.2) is 4.79 Å². The molecule has 0 spiro atoms. The summed E-state index contributed by atoms with van der Waals surface area (Å²) in [4.78, 5) is 40.3. The van der Waals surface area contributed by atoms with Gasteiger partial charge in [-0.15, -0.1) is 0 Å². The summed E-state index contributed by atoms with van der Waals surface area (Å²) in [6.45, 7) is 0.378. The molecule has 1 aliphatic carbocycles. The van der Waals surface area contributed by atoms with E-state index in [1.165, 1.54) is 7.11 Å². The first-order chi connectivity index (χ1) is 12.6. The zero-order valence-corrected chi connectivity index (χ0v) is 14.3. The number of amides is 2. The van der Waals surface area contributed by atoms with Gasteiger partial charge in [0.05, 0.1) is 30.2 Å². The van der Waals surface area contributed by atoms with Crippen molar-refractivity contribution in [2.24, 2.45) is 11.8 Å². The van der Waals surface area contributed by atoms with Gasteiger partial charge in [-0.3, -0.25) is 14.6 Å². The normalized spacial score (nSPS) is 17.9. The number of hydrogen-bond acceptors (Lipinski definition) is 5. The molecule has 2 unspecified atom stereocenters. The molecule has 26 heavy (non-hydrogen) atoms. The first-order valence-corrected chi connectivity index (χ1v) is 8.25. The second kappa shape index (κ2) is 7.77. The van der Waals surface area contributed by atoms with Gasteiger partial charge in [0.1, 0.15) is 0 Å². The van der Waals surface area contributed by atoms with Crippen LogP contribution in [0.4, 0.5) is 5.69 Å². The predicted molar refractivity (Wildman–Crippen MR) is 94.1 cm³/mol. The van der Waals surface area contributed by atoms with Crippen molar-refractivity contribution in [1.82, 2.24) is 10.3 Å². The van der Waals surface area contributed by atoms with Crippen molar-refractivity contribution in [2.45, 2.75) is 13.0 Å². The summed E-state index contributed by atoms with van der Waals surface area (Å²) in [5, 5.41) is 5.53. The van der Waals surface area contributed by atoms with E-state index in [-0.39, 0.29) is 23.3 Å². The highest BCUT2D eigenvalue weighted by Gasteiger charge is 2.48. The smallest absolute Gasteiger partial charge is 0.339 e. The second-order valence-electron chi connectivity index (χ2n) is 6.05. The number of anilines is 1. The molecule has 1 aromatic heterocycles. The average molecular weight is 353 g/mol. The summed E-state index contributed by atoms with van der Waals surface area (Å²) in [6.07, 6.45) is 3.84. The molecule has 1 aliphatic rings. The van der Waals surface area contributed by atoms with E-state index in [2.05, 4.69) is 15.6 Å². The Kier molecular flexibility index (Phi) is 5.26. The number of rotatable bonds is 6. The van der Waals surface area contributed by atoms with E-state index < -0.39 is 11.9 Å². The van der Waals surface area contributed by atoms with Gasteiger partial charge in [0.2, 0.25) is 11.8 Å². The van der Waals surface area contributed by atoms with Crippen LogP contribution in [-0.4, -0.2) is 29.9 Å². The molecule has 7 nitrogen and oxygen atoms in total. The van der Waals surface area contributed by atoms with E-state index in [0.717, 1.165) is 5.56 Å². The minimum absolute atomic E-state index is 0.157. The quantitative estimate of drug-likeness (QED) is 0.771. The van der Waals surface area contributed by atoms with Crippen LogP contribution in [0, 0.1) is 11.8 Å². The van der Waals surface area contributed by atoms with Gasteiger partial charge in [0.25, 0.3) is 0 Å². The van der Waals surface area contributed by atoms with Crippen LogP contribution in [0.1, 0.15) is 22.3 Å². The number of esters is 1. The highest BCUT2D eigenvalue weighted by Crippen LogP contribution is 2.39. The van der Waals surface area contributed by atoms with Gasteiger partial charge in [0.15, 0.2) is 0 Å². The Bertz CT molecular complexity index is 823. The molecule has 1 heterocycles. The molecule has 2 N–H and O–H groups in total. The van der Waals surface area contributed by atoms with E-state index in [4.69, 9.17) is 4.74 Å². The summed E-state index contributed by atoms with van der Waals surface area (Å²) < 4.78 is 4.71. The van der Waals surface area contributed by atoms with Crippen molar-refractivity contribution in [3.8, 4) is 0 Å². The van der Waals surface area contributed by atoms with Crippen molar-refractivity contribution < 1.29 is 19.1 Å². The Labute approximate surface area is 150 Å². The monoisotopic (exact) mass is 353 g/mol. The minimum Gasteiger partial charge on any atom is -0.465 e. The predicted octanol–water partition coefficient (Wildman–Crippen LogP) is 1.76. The molecule has 1 saturated carbocycles. The molecular formula is C19H19N3O4. The average Bonchev–Trinajstić information content (AvgIpc) is 3.48. The Morgan fingerprint density at radius 2 is 1.88 bits per heavy atom. The number of carbonyl (C=O) groups is 3. The molecule has 2 aromatic rings. The van der Waals surface area contributed by atoms with Crippen LogP contribution in [0.5, 0.6) is 0 Å². The van der Waals surface area contributed by atoms with Gasteiger partial charge in [0, 0.05) is 18.9 Å². The zero-order valence-electron chi connectivity index (χ0n) is 14.3. The van der Waals surface area contributed by atoms with Gasteiger partial charge in [-0.05, 0) is 30.2 Å². The van der Waals surface area contributed by atoms with Crippen molar-refractivity contribution in [3.05, 3.63) is 59.9 Å². The fraction of sp³-hybridized carbons (Fsp3) is 0.263. The fourth-order valence-corrected chi connectivity index (χ4v) is 2.70. The third kappa shape index (κ3) is 4.05. The van der Waals surface area contributed by atoms with Crippen LogP contribution in [0.2, 0.25) is 0 Å². The van der Waals surface area contributed by atoms with Crippen LogP contribution < -0.4 is 10.6 Å². The van der Waals surface area contributed by atoms with Crippen LogP contribution in [0.25, 0.3) is 0 Å². The number of ether oxygens (including phenoxy) is 1. The number of nitrogens with zero attached hydrogens (tertiary/aromatic N) is 1. The van der Waals surface area contributed by atoms with E-state index in [1.54, 1.807) is 42.7 Å². The van der Waals surface area contributed by atoms with Crippen molar-refractivity contribution in [3.63, 3.8) is 0 Å². The molecule has 2 atom stereocenters. The summed E-state index contributed by atoms with van der Waals surface area (Å²) in [5.41, 5.74) is 1.56. The molecule has 0 aliphatic heterocycles. The third-order valence-corrected chi connectivity index (χ3v) is 4.24. The topological polar surface area (TPSA) is 97.4 Å². The Morgan fingerprint density at radius 1 is 1.12 bits per heavy atom. The van der Waals surface area contributed by atoms with Crippen LogP contribution in [0.3, 0.4) is 0 Å². The van der Waals surface area contributed by atoms with E-state index in [9.17, 15) is 14.4 Å². The maximum atomic E-state index is 12.4. The number of aromatic nitrogens is 1. The SMILES string of the molecule is COC(=O)c1ccccc1NC(=O)C1CC1C(=O)NCc1cccnc1. The number of methoxy groups -OCH3 is 1. The molecule has 3 rings (SSSR count). The van der Waals surface area contributed by atoms with E-state index in [1.807, 2.05) is 6.07 Å². The largest absolute Gasteiger partial charge is 0.465 e. The van der Waals surface area contributed by atoms with Gasteiger partial charge >= 0.3 is 5.97 Å². The minimum atomic E-state index is -0.525. The first-order valence-electron chi connectivity index (χ1n) is 8.25. The second-order valence-corrected chi connectivity index (χ2v) is 6.05. The summed E-state index contributed by atoms with van der Waals surface area (Å²) in [6, 6.07) is 10.3. The Morgan fingerprint density at radius 3 is 2.62 bits per heavy atom. The summed E-state index contributed by atoms with van der Waals surface area (Å²) in [7, 11) is 1.28. The number of carbonyl (C=O) groups excluding carboxylic acids is 3. The van der Waals surface area contributed by atoms with Gasteiger partial charge in [-0.1, -0.05) is 18.2 Å². The van der Waals surface area contributed by atoms with Gasteiger partial charge in [-0.2, -0.15) is 0 Å². The number of para-hydroxylation sites is 1. The zero-order chi connectivity index (χ0) is 18.5. The molecule has 7 heteroatoms. The number of nitrogens with one attached hydrogen (secondary N) is 2. The van der Waals surface area contributed by atoms with Crippen molar-refractivity contribution >= 4 is 23.5 Å². The Balaban J connectivity index is 1.54. The fourth-order valence-electron chi connectivity index (χ4n) is 2.70. The van der Waals surface area contributed by atoms with Gasteiger partial charge < -0.3 is 15.4 Å². The molecular weight excluding hydrogens is 334 g/mol. The van der Waals surface area contributed by atoms with Crippen LogP contribution >= 0.6 is 0 Å². The van der Waals surface area contributed by atoms with Crippen molar-refractivity contribution in [1.29, 1.82) is 0 Å². The molecule has 1 aromatic carbocycles. The first kappa shape index (κ1) is 17.6. The number of benzene rings is 1. The summed E-state index contributed by atoms with van der Waals surface area (Å²) in [5.74, 6) is -1.70. The molecule has 0 radical (unpaired) electrons. The molecule has 0 saturated heterocycles. The molecule has 1 fully saturated rings. The molecule has 0 bridgehead atoms.